The number of nitrogens with one attached hydrogen (secondary N) is 1. The SMILES string of the molecule is CCn1c(S[C@H](C)C(=O)Nc2cccc(F)c2)nnc1-c1ccc(Cl)cc1. The van der Waals surface area contributed by atoms with Crippen molar-refractivity contribution in [3.8, 4) is 11.4 Å². The van der Waals surface area contributed by atoms with Crippen molar-refractivity contribution in [2.75, 3.05) is 5.32 Å². The molecule has 0 unspecified atom stereocenters. The summed E-state index contributed by atoms with van der Waals surface area (Å²) in [4.78, 5) is 12.4. The van der Waals surface area contributed by atoms with Crippen LogP contribution in [0.5, 0.6) is 0 Å². The molecule has 0 aliphatic rings. The first-order valence-electron chi connectivity index (χ1n) is 8.40. The Morgan fingerprint density at radius 1 is 1.26 bits per heavy atom. The molecule has 0 spiro atoms. The summed E-state index contributed by atoms with van der Waals surface area (Å²) < 4.78 is 15.2. The van der Waals surface area contributed by atoms with Gasteiger partial charge in [-0.1, -0.05) is 29.4 Å². The molecule has 0 aliphatic heterocycles. The number of carbonyl (C=O) groups excluding carboxylic acids is 1. The molecule has 3 aromatic rings. The normalized spacial score (nSPS) is 12.0. The highest BCUT2D eigenvalue weighted by Gasteiger charge is 2.20. The summed E-state index contributed by atoms with van der Waals surface area (Å²) in [6.45, 7) is 4.42. The molecule has 0 saturated heterocycles. The summed E-state index contributed by atoms with van der Waals surface area (Å²) in [7, 11) is 0. The number of hydrogen-bond acceptors (Lipinski definition) is 4. The zero-order valence-corrected chi connectivity index (χ0v) is 16.4. The van der Waals surface area contributed by atoms with Gasteiger partial charge in [-0.15, -0.1) is 10.2 Å². The van der Waals surface area contributed by atoms with Crippen molar-refractivity contribution in [3.05, 3.63) is 59.4 Å². The second-order valence-corrected chi connectivity index (χ2v) is 7.56. The monoisotopic (exact) mass is 404 g/mol. The van der Waals surface area contributed by atoms with Gasteiger partial charge in [0.2, 0.25) is 5.91 Å². The third kappa shape index (κ3) is 4.67. The summed E-state index contributed by atoms with van der Waals surface area (Å²) >= 11 is 7.25. The summed E-state index contributed by atoms with van der Waals surface area (Å²) in [5.41, 5.74) is 1.32. The maximum Gasteiger partial charge on any atom is 0.237 e. The number of nitrogens with zero attached hydrogens (tertiary/aromatic N) is 3. The van der Waals surface area contributed by atoms with Crippen LogP contribution in [0.3, 0.4) is 0 Å². The molecule has 1 amide bonds. The van der Waals surface area contributed by atoms with E-state index in [0.717, 1.165) is 11.4 Å². The van der Waals surface area contributed by atoms with Crippen LogP contribution < -0.4 is 5.32 Å². The van der Waals surface area contributed by atoms with Crippen LogP contribution in [0.2, 0.25) is 5.02 Å². The van der Waals surface area contributed by atoms with Crippen molar-refractivity contribution in [3.63, 3.8) is 0 Å². The van der Waals surface area contributed by atoms with Crippen molar-refractivity contribution in [1.82, 2.24) is 14.8 Å². The van der Waals surface area contributed by atoms with Gasteiger partial charge in [-0.05, 0) is 56.3 Å². The summed E-state index contributed by atoms with van der Waals surface area (Å²) in [5, 5.41) is 12.1. The number of anilines is 1. The van der Waals surface area contributed by atoms with E-state index in [1.165, 1.54) is 23.9 Å². The summed E-state index contributed by atoms with van der Waals surface area (Å²) in [5.74, 6) is 0.0881. The number of hydrogen-bond donors (Lipinski definition) is 1. The molecular weight excluding hydrogens is 387 g/mol. The molecule has 140 valence electrons. The molecule has 2 aromatic carbocycles. The van der Waals surface area contributed by atoms with Crippen LogP contribution in [0.25, 0.3) is 11.4 Å². The minimum Gasteiger partial charge on any atom is -0.325 e. The predicted molar refractivity (Wildman–Crippen MR) is 106 cm³/mol. The predicted octanol–water partition coefficient (Wildman–Crippen LogP) is 4.88. The molecule has 3 rings (SSSR count). The molecular formula is C19H18ClFN4OS. The Morgan fingerprint density at radius 3 is 2.67 bits per heavy atom. The molecule has 0 fully saturated rings. The highest BCUT2D eigenvalue weighted by Crippen LogP contribution is 2.28. The third-order valence-corrected chi connectivity index (χ3v) is 5.21. The van der Waals surface area contributed by atoms with E-state index in [9.17, 15) is 9.18 Å². The van der Waals surface area contributed by atoms with Crippen molar-refractivity contribution in [2.24, 2.45) is 0 Å². The van der Waals surface area contributed by atoms with E-state index in [-0.39, 0.29) is 5.91 Å². The number of carbonyl (C=O) groups is 1. The van der Waals surface area contributed by atoms with Gasteiger partial charge in [0.15, 0.2) is 11.0 Å². The molecule has 5 nitrogen and oxygen atoms in total. The number of halogens is 2. The Labute approximate surface area is 166 Å². The quantitative estimate of drug-likeness (QED) is 0.595. The zero-order valence-electron chi connectivity index (χ0n) is 14.8. The minimum atomic E-state index is -0.430. The Kier molecular flexibility index (Phi) is 6.13. The average molecular weight is 405 g/mol. The van der Waals surface area contributed by atoms with Gasteiger partial charge < -0.3 is 9.88 Å². The van der Waals surface area contributed by atoms with E-state index in [4.69, 9.17) is 11.6 Å². The largest absolute Gasteiger partial charge is 0.325 e. The highest BCUT2D eigenvalue weighted by atomic mass is 35.5. The number of benzene rings is 2. The molecule has 1 N–H and O–H groups in total. The lowest BCUT2D eigenvalue weighted by atomic mass is 10.2. The molecule has 0 aliphatic carbocycles. The van der Waals surface area contributed by atoms with Gasteiger partial charge in [0.05, 0.1) is 5.25 Å². The van der Waals surface area contributed by atoms with Crippen LogP contribution in [0.4, 0.5) is 10.1 Å². The molecule has 27 heavy (non-hydrogen) atoms. The van der Waals surface area contributed by atoms with E-state index < -0.39 is 11.1 Å². The third-order valence-electron chi connectivity index (χ3n) is 3.88. The number of aromatic nitrogens is 3. The van der Waals surface area contributed by atoms with E-state index in [2.05, 4.69) is 15.5 Å². The Hall–Kier alpha value is -2.38. The molecule has 1 aromatic heterocycles. The fourth-order valence-corrected chi connectivity index (χ4v) is 3.53. The molecule has 0 bridgehead atoms. The smallest absolute Gasteiger partial charge is 0.237 e. The Bertz CT molecular complexity index is 945. The van der Waals surface area contributed by atoms with Crippen molar-refractivity contribution < 1.29 is 9.18 Å². The van der Waals surface area contributed by atoms with Crippen LogP contribution in [-0.4, -0.2) is 25.9 Å². The fraction of sp³-hybridized carbons (Fsp3) is 0.211. The highest BCUT2D eigenvalue weighted by molar-refractivity contribution is 8.00. The molecule has 8 heteroatoms. The van der Waals surface area contributed by atoms with Crippen LogP contribution in [0.15, 0.2) is 53.7 Å². The van der Waals surface area contributed by atoms with Gasteiger partial charge in [-0.25, -0.2) is 4.39 Å². The van der Waals surface area contributed by atoms with Crippen LogP contribution in [0.1, 0.15) is 13.8 Å². The van der Waals surface area contributed by atoms with E-state index in [0.29, 0.717) is 22.4 Å². The van der Waals surface area contributed by atoms with E-state index in [1.54, 1.807) is 31.2 Å². The second kappa shape index (κ2) is 8.54. The van der Waals surface area contributed by atoms with E-state index >= 15 is 0 Å². The first-order valence-corrected chi connectivity index (χ1v) is 9.66. The van der Waals surface area contributed by atoms with Gasteiger partial charge in [0, 0.05) is 22.8 Å². The standard InChI is InChI=1S/C19H18ClFN4OS/c1-3-25-17(13-7-9-14(20)10-8-13)23-24-19(25)27-12(2)18(26)22-16-6-4-5-15(21)11-16/h4-12H,3H2,1-2H3,(H,22,26)/t12-/m1/s1. The zero-order chi connectivity index (χ0) is 19.4. The van der Waals surface area contributed by atoms with Gasteiger partial charge in [0.1, 0.15) is 5.82 Å². The molecule has 0 saturated carbocycles. The maximum absolute atomic E-state index is 13.3. The van der Waals surface area contributed by atoms with Crippen LogP contribution >= 0.6 is 23.4 Å². The van der Waals surface area contributed by atoms with Crippen LogP contribution in [0, 0.1) is 5.82 Å². The van der Waals surface area contributed by atoms with Gasteiger partial charge in [-0.3, -0.25) is 4.79 Å². The van der Waals surface area contributed by atoms with Crippen LogP contribution in [-0.2, 0) is 11.3 Å². The van der Waals surface area contributed by atoms with Gasteiger partial charge in [-0.2, -0.15) is 0 Å². The first kappa shape index (κ1) is 19.4. The summed E-state index contributed by atoms with van der Waals surface area (Å²) in [6, 6.07) is 13.2. The molecule has 1 heterocycles. The molecule has 0 radical (unpaired) electrons. The topological polar surface area (TPSA) is 59.8 Å². The van der Waals surface area contributed by atoms with Crippen molar-refractivity contribution in [2.45, 2.75) is 30.8 Å². The van der Waals surface area contributed by atoms with Crippen molar-refractivity contribution in [1.29, 1.82) is 0 Å². The lowest BCUT2D eigenvalue weighted by Gasteiger charge is -2.13. The number of rotatable bonds is 6. The number of amides is 1. The van der Waals surface area contributed by atoms with Crippen molar-refractivity contribution >= 4 is 35.0 Å². The maximum atomic E-state index is 13.3. The molecule has 1 atom stereocenters. The summed E-state index contributed by atoms with van der Waals surface area (Å²) in [6.07, 6.45) is 0. The van der Waals surface area contributed by atoms with E-state index in [1.807, 2.05) is 23.6 Å². The first-order chi connectivity index (χ1) is 13.0. The van der Waals surface area contributed by atoms with Gasteiger partial charge >= 0.3 is 0 Å². The Morgan fingerprint density at radius 2 is 2.00 bits per heavy atom. The van der Waals surface area contributed by atoms with Gasteiger partial charge in [0.25, 0.3) is 0 Å². The fourth-order valence-electron chi connectivity index (χ4n) is 2.50. The second-order valence-electron chi connectivity index (χ2n) is 5.82. The average Bonchev–Trinajstić information content (AvgIpc) is 3.04. The lowest BCUT2D eigenvalue weighted by Crippen LogP contribution is -2.23. The minimum absolute atomic E-state index is 0.232. The number of thioether (sulfide) groups is 1. The lowest BCUT2D eigenvalue weighted by molar-refractivity contribution is -0.115. The Balaban J connectivity index is 1.75.